The van der Waals surface area contributed by atoms with E-state index < -0.39 is 5.97 Å². The van der Waals surface area contributed by atoms with Crippen LogP contribution in [0, 0.1) is 6.92 Å². The minimum Gasteiger partial charge on any atom is -0.481 e. The van der Waals surface area contributed by atoms with Crippen LogP contribution in [0.3, 0.4) is 0 Å². The molecule has 1 aromatic carbocycles. The molecular formula is C18H17Cl2N3O3. The van der Waals surface area contributed by atoms with E-state index in [2.05, 4.69) is 4.98 Å². The molecule has 0 saturated heterocycles. The molecule has 0 aliphatic carbocycles. The number of carbonyl (C=O) groups is 2. The lowest BCUT2D eigenvalue weighted by molar-refractivity contribution is -0.137. The molecule has 1 aromatic heterocycles. The van der Waals surface area contributed by atoms with Crippen LogP contribution in [0.5, 0.6) is 0 Å². The molecule has 1 aliphatic heterocycles. The summed E-state index contributed by atoms with van der Waals surface area (Å²) in [6, 6.07) is 5.07. The molecule has 6 nitrogen and oxygen atoms in total. The van der Waals surface area contributed by atoms with Crippen molar-refractivity contribution in [2.24, 2.45) is 5.73 Å². The number of nitrogens with two attached hydrogens (primary N) is 1. The van der Waals surface area contributed by atoms with Gasteiger partial charge in [0.15, 0.2) is 0 Å². The van der Waals surface area contributed by atoms with Crippen LogP contribution in [0.15, 0.2) is 18.2 Å². The number of carboxylic acid groups (broad SMARTS) is 1. The molecule has 0 radical (unpaired) electrons. The zero-order valence-electron chi connectivity index (χ0n) is 14.1. The predicted molar refractivity (Wildman–Crippen MR) is 99.3 cm³/mol. The number of carbonyl (C=O) groups excluding carboxylic acids is 1. The Morgan fingerprint density at radius 3 is 2.69 bits per heavy atom. The summed E-state index contributed by atoms with van der Waals surface area (Å²) in [4.78, 5) is 29.8. The molecule has 3 N–H and O–H groups in total. The van der Waals surface area contributed by atoms with Crippen molar-refractivity contribution in [1.29, 1.82) is 0 Å². The fourth-order valence-electron chi connectivity index (χ4n) is 3.21. The number of carboxylic acids is 1. The molecule has 1 aliphatic rings. The summed E-state index contributed by atoms with van der Waals surface area (Å²) in [6.07, 6.45) is -0.126. The van der Waals surface area contributed by atoms with Crippen LogP contribution >= 0.6 is 23.2 Å². The molecule has 0 saturated carbocycles. The van der Waals surface area contributed by atoms with Gasteiger partial charge >= 0.3 is 5.97 Å². The topological polar surface area (TPSA) is 96.5 Å². The van der Waals surface area contributed by atoms with Crippen LogP contribution in [0.4, 0.5) is 0 Å². The molecule has 0 fully saturated rings. The summed E-state index contributed by atoms with van der Waals surface area (Å²) in [6.45, 7) is 2.42. The van der Waals surface area contributed by atoms with Gasteiger partial charge in [-0.25, -0.2) is 0 Å². The third kappa shape index (κ3) is 3.28. The normalized spacial score (nSPS) is 13.2. The molecule has 2 aromatic rings. The highest BCUT2D eigenvalue weighted by Crippen LogP contribution is 2.39. The fraction of sp³-hybridized carbons (Fsp3) is 0.278. The largest absolute Gasteiger partial charge is 0.481 e. The van der Waals surface area contributed by atoms with Crippen molar-refractivity contribution in [2.45, 2.75) is 26.4 Å². The molecule has 0 bridgehead atoms. The molecule has 8 heteroatoms. The molecule has 1 amide bonds. The maximum atomic E-state index is 12.9. The molecule has 2 heterocycles. The highest BCUT2D eigenvalue weighted by molar-refractivity contribution is 6.36. The molecule has 0 unspecified atom stereocenters. The minimum atomic E-state index is -0.957. The van der Waals surface area contributed by atoms with Crippen LogP contribution in [0.2, 0.25) is 10.0 Å². The standard InChI is InChI=1S/C18H17Cl2N3O3/c1-9-12(7-21)16(11-3-2-10(19)6-13(11)20)17-14(22-9)8-23(18(17)26)5-4-15(24)25/h2-3,6H,4-5,7-8,21H2,1H3,(H,24,25). The van der Waals surface area contributed by atoms with E-state index in [-0.39, 0.29) is 32.0 Å². The van der Waals surface area contributed by atoms with Gasteiger partial charge < -0.3 is 15.7 Å². The summed E-state index contributed by atoms with van der Waals surface area (Å²) in [5, 5.41) is 9.80. The van der Waals surface area contributed by atoms with E-state index in [1.165, 1.54) is 4.90 Å². The second-order valence-electron chi connectivity index (χ2n) is 6.07. The van der Waals surface area contributed by atoms with Crippen molar-refractivity contribution in [3.8, 4) is 11.1 Å². The van der Waals surface area contributed by atoms with Crippen LogP contribution in [0.1, 0.15) is 33.7 Å². The van der Waals surface area contributed by atoms with Gasteiger partial charge in [-0.15, -0.1) is 0 Å². The van der Waals surface area contributed by atoms with Gasteiger partial charge in [-0.3, -0.25) is 14.6 Å². The fourth-order valence-corrected chi connectivity index (χ4v) is 3.71. The molecule has 0 atom stereocenters. The van der Waals surface area contributed by atoms with Crippen molar-refractivity contribution in [2.75, 3.05) is 6.54 Å². The third-order valence-electron chi connectivity index (χ3n) is 4.42. The van der Waals surface area contributed by atoms with Gasteiger partial charge in [-0.1, -0.05) is 29.3 Å². The molecule has 26 heavy (non-hydrogen) atoms. The van der Waals surface area contributed by atoms with Crippen LogP contribution in [-0.2, 0) is 17.9 Å². The highest BCUT2D eigenvalue weighted by Gasteiger charge is 2.34. The zero-order chi connectivity index (χ0) is 19.0. The number of fused-ring (bicyclic) bond motifs is 1. The smallest absolute Gasteiger partial charge is 0.305 e. The maximum absolute atomic E-state index is 12.9. The second-order valence-corrected chi connectivity index (χ2v) is 6.91. The Morgan fingerprint density at radius 1 is 1.35 bits per heavy atom. The minimum absolute atomic E-state index is 0.120. The number of aryl methyl sites for hydroxylation is 1. The van der Waals surface area contributed by atoms with Crippen molar-refractivity contribution in [1.82, 2.24) is 9.88 Å². The Kier molecular flexibility index (Phi) is 5.18. The Balaban J connectivity index is 2.17. The number of benzene rings is 1. The number of nitrogens with zero attached hydrogens (tertiary/aromatic N) is 2. The van der Waals surface area contributed by atoms with Gasteiger partial charge in [0.1, 0.15) is 0 Å². The number of rotatable bonds is 5. The number of amides is 1. The van der Waals surface area contributed by atoms with E-state index in [4.69, 9.17) is 34.0 Å². The average Bonchev–Trinajstić information content (AvgIpc) is 2.87. The van der Waals surface area contributed by atoms with Gasteiger partial charge in [0.2, 0.25) is 0 Å². The van der Waals surface area contributed by atoms with Gasteiger partial charge in [0.25, 0.3) is 5.91 Å². The van der Waals surface area contributed by atoms with E-state index in [9.17, 15) is 9.59 Å². The van der Waals surface area contributed by atoms with Crippen LogP contribution < -0.4 is 5.73 Å². The first-order chi connectivity index (χ1) is 12.3. The average molecular weight is 394 g/mol. The zero-order valence-corrected chi connectivity index (χ0v) is 15.6. The number of aliphatic carboxylic acids is 1. The van der Waals surface area contributed by atoms with E-state index >= 15 is 0 Å². The molecular weight excluding hydrogens is 377 g/mol. The quantitative estimate of drug-likeness (QED) is 0.812. The highest BCUT2D eigenvalue weighted by atomic mass is 35.5. The third-order valence-corrected chi connectivity index (χ3v) is 4.97. The predicted octanol–water partition coefficient (Wildman–Crippen LogP) is 3.25. The van der Waals surface area contributed by atoms with E-state index in [0.29, 0.717) is 32.4 Å². The number of hydrogen-bond acceptors (Lipinski definition) is 4. The van der Waals surface area contributed by atoms with Crippen LogP contribution in [-0.4, -0.2) is 33.4 Å². The summed E-state index contributed by atoms with van der Waals surface area (Å²) in [5.74, 6) is -1.22. The van der Waals surface area contributed by atoms with E-state index in [1.54, 1.807) is 18.2 Å². The summed E-state index contributed by atoms with van der Waals surface area (Å²) >= 11 is 12.4. The van der Waals surface area contributed by atoms with Crippen molar-refractivity contribution in [3.05, 3.63) is 50.8 Å². The number of halogens is 2. The summed E-state index contributed by atoms with van der Waals surface area (Å²) < 4.78 is 0. The SMILES string of the molecule is Cc1nc2c(c(-c3ccc(Cl)cc3Cl)c1CN)C(=O)N(CCC(=O)O)C2. The van der Waals surface area contributed by atoms with E-state index in [1.807, 2.05) is 6.92 Å². The van der Waals surface area contributed by atoms with Gasteiger partial charge in [0, 0.05) is 40.0 Å². The number of pyridine rings is 1. The molecule has 0 spiro atoms. The first-order valence-corrected chi connectivity index (χ1v) is 8.78. The van der Waals surface area contributed by atoms with Crippen molar-refractivity contribution >= 4 is 35.1 Å². The van der Waals surface area contributed by atoms with Gasteiger partial charge in [-0.05, 0) is 24.6 Å². The van der Waals surface area contributed by atoms with Crippen molar-refractivity contribution in [3.63, 3.8) is 0 Å². The first-order valence-electron chi connectivity index (χ1n) is 8.02. The Bertz CT molecular complexity index is 915. The maximum Gasteiger partial charge on any atom is 0.305 e. The summed E-state index contributed by atoms with van der Waals surface area (Å²) in [5.41, 5.74) is 9.74. The molecule has 3 rings (SSSR count). The summed E-state index contributed by atoms with van der Waals surface area (Å²) in [7, 11) is 0. The van der Waals surface area contributed by atoms with Gasteiger partial charge in [0.05, 0.1) is 24.2 Å². The Morgan fingerprint density at radius 2 is 2.08 bits per heavy atom. The molecule has 136 valence electrons. The lowest BCUT2D eigenvalue weighted by atomic mass is 9.93. The Labute approximate surface area is 160 Å². The number of hydrogen-bond donors (Lipinski definition) is 2. The first kappa shape index (κ1) is 18.6. The van der Waals surface area contributed by atoms with E-state index in [0.717, 1.165) is 11.3 Å². The Hall–Kier alpha value is -2.15. The monoisotopic (exact) mass is 393 g/mol. The second kappa shape index (κ2) is 7.23. The number of aromatic nitrogens is 1. The lowest BCUT2D eigenvalue weighted by Gasteiger charge is -2.16. The van der Waals surface area contributed by atoms with Gasteiger partial charge in [-0.2, -0.15) is 0 Å². The van der Waals surface area contributed by atoms with Crippen LogP contribution in [0.25, 0.3) is 11.1 Å². The lowest BCUT2D eigenvalue weighted by Crippen LogP contribution is -2.26. The van der Waals surface area contributed by atoms with Crippen molar-refractivity contribution < 1.29 is 14.7 Å².